The smallest absolute Gasteiger partial charge is 0.228 e. The Morgan fingerprint density at radius 3 is 2.58 bits per heavy atom. The number of hydrogen-bond acceptors (Lipinski definition) is 5. The van der Waals surface area contributed by atoms with E-state index in [-0.39, 0.29) is 18.2 Å². The number of aryl methyl sites for hydroxylation is 1. The van der Waals surface area contributed by atoms with Crippen LogP contribution in [0.4, 0.5) is 0 Å². The third-order valence-corrected chi connectivity index (χ3v) is 3.52. The molecule has 0 bridgehead atoms. The van der Waals surface area contributed by atoms with Crippen molar-refractivity contribution in [2.45, 2.75) is 32.7 Å². The van der Waals surface area contributed by atoms with Gasteiger partial charge in [0.2, 0.25) is 17.7 Å². The van der Waals surface area contributed by atoms with Crippen molar-refractivity contribution in [3.63, 3.8) is 0 Å². The fourth-order valence-electron chi connectivity index (χ4n) is 2.20. The van der Waals surface area contributed by atoms with E-state index in [0.717, 1.165) is 5.56 Å². The van der Waals surface area contributed by atoms with Crippen molar-refractivity contribution in [1.82, 2.24) is 20.8 Å². The summed E-state index contributed by atoms with van der Waals surface area (Å²) in [6, 6.07) is 6.61. The predicted molar refractivity (Wildman–Crippen MR) is 88.4 cm³/mol. The van der Waals surface area contributed by atoms with Gasteiger partial charge in [-0.05, 0) is 24.6 Å². The van der Waals surface area contributed by atoms with Gasteiger partial charge in [-0.15, -0.1) is 0 Å². The maximum atomic E-state index is 12.1. The van der Waals surface area contributed by atoms with Gasteiger partial charge < -0.3 is 15.2 Å². The van der Waals surface area contributed by atoms with Crippen LogP contribution in [-0.4, -0.2) is 28.5 Å². The molecule has 8 heteroatoms. The van der Waals surface area contributed by atoms with Gasteiger partial charge in [0.15, 0.2) is 5.82 Å². The van der Waals surface area contributed by atoms with Gasteiger partial charge in [0.05, 0.1) is 12.5 Å². The highest BCUT2D eigenvalue weighted by molar-refractivity contribution is 6.30. The van der Waals surface area contributed by atoms with Gasteiger partial charge >= 0.3 is 0 Å². The summed E-state index contributed by atoms with van der Waals surface area (Å²) in [4.78, 5) is 27.6. The zero-order valence-corrected chi connectivity index (χ0v) is 14.3. The molecule has 1 heterocycles. The zero-order chi connectivity index (χ0) is 17.5. The molecular formula is C16H19ClN4O3. The van der Waals surface area contributed by atoms with Crippen LogP contribution in [0.5, 0.6) is 0 Å². The molecule has 1 atom stereocenters. The average Bonchev–Trinajstić information content (AvgIpc) is 2.92. The Morgan fingerprint density at radius 1 is 1.29 bits per heavy atom. The molecule has 24 heavy (non-hydrogen) atoms. The summed E-state index contributed by atoms with van der Waals surface area (Å²) in [6.45, 7) is 3.53. The van der Waals surface area contributed by atoms with E-state index >= 15 is 0 Å². The molecule has 2 N–H and O–H groups in total. The first kappa shape index (κ1) is 17.9. The Hall–Kier alpha value is -2.41. The molecule has 128 valence electrons. The minimum Gasteiger partial charge on any atom is -0.356 e. The number of aromatic nitrogens is 2. The van der Waals surface area contributed by atoms with Crippen LogP contribution in [0, 0.1) is 6.92 Å². The normalized spacial score (nSPS) is 11.8. The monoisotopic (exact) mass is 350 g/mol. The van der Waals surface area contributed by atoms with Gasteiger partial charge in [0.25, 0.3) is 0 Å². The first-order chi connectivity index (χ1) is 11.4. The summed E-state index contributed by atoms with van der Waals surface area (Å²) in [5.74, 6) is 0.651. The number of halogens is 1. The molecule has 1 aromatic carbocycles. The topological polar surface area (TPSA) is 97.1 Å². The second kappa shape index (κ2) is 8.44. The quantitative estimate of drug-likeness (QED) is 0.795. The summed E-state index contributed by atoms with van der Waals surface area (Å²) in [5.41, 5.74) is 0.817. The second-order valence-electron chi connectivity index (χ2n) is 5.34. The van der Waals surface area contributed by atoms with Crippen molar-refractivity contribution in [2.75, 3.05) is 6.54 Å². The lowest BCUT2D eigenvalue weighted by molar-refractivity contribution is -0.122. The van der Waals surface area contributed by atoms with Crippen LogP contribution in [0.15, 0.2) is 28.8 Å². The SMILES string of the molecule is CC(=O)NC(CC(=O)NCCc1nc(C)no1)c1ccc(Cl)cc1. The van der Waals surface area contributed by atoms with Gasteiger partial charge in [0, 0.05) is 24.9 Å². The number of amides is 2. The van der Waals surface area contributed by atoms with Crippen molar-refractivity contribution in [3.8, 4) is 0 Å². The highest BCUT2D eigenvalue weighted by Crippen LogP contribution is 2.19. The number of hydrogen-bond donors (Lipinski definition) is 2. The van der Waals surface area contributed by atoms with Crippen molar-refractivity contribution in [3.05, 3.63) is 46.6 Å². The first-order valence-electron chi connectivity index (χ1n) is 7.52. The Balaban J connectivity index is 1.89. The van der Waals surface area contributed by atoms with Crippen molar-refractivity contribution >= 4 is 23.4 Å². The summed E-state index contributed by atoms with van der Waals surface area (Å²) >= 11 is 5.87. The predicted octanol–water partition coefficient (Wildman–Crippen LogP) is 1.96. The molecule has 2 rings (SSSR count). The molecule has 0 aliphatic rings. The van der Waals surface area contributed by atoms with E-state index in [1.165, 1.54) is 6.92 Å². The third-order valence-electron chi connectivity index (χ3n) is 3.27. The Kier molecular flexibility index (Phi) is 6.31. The highest BCUT2D eigenvalue weighted by atomic mass is 35.5. The van der Waals surface area contributed by atoms with E-state index < -0.39 is 6.04 Å². The number of benzene rings is 1. The number of nitrogens with one attached hydrogen (secondary N) is 2. The molecule has 0 radical (unpaired) electrons. The van der Waals surface area contributed by atoms with E-state index in [4.69, 9.17) is 16.1 Å². The van der Waals surface area contributed by atoms with Crippen LogP contribution in [0.3, 0.4) is 0 Å². The molecule has 0 spiro atoms. The van der Waals surface area contributed by atoms with E-state index in [9.17, 15) is 9.59 Å². The number of rotatable bonds is 7. The minimum atomic E-state index is -0.412. The van der Waals surface area contributed by atoms with Gasteiger partial charge in [0.1, 0.15) is 0 Å². The first-order valence-corrected chi connectivity index (χ1v) is 7.90. The van der Waals surface area contributed by atoms with Crippen LogP contribution in [0.25, 0.3) is 0 Å². The van der Waals surface area contributed by atoms with E-state index in [0.29, 0.717) is 29.7 Å². The molecule has 1 aromatic heterocycles. The summed E-state index contributed by atoms with van der Waals surface area (Å²) in [5, 5.41) is 9.84. The molecule has 7 nitrogen and oxygen atoms in total. The van der Waals surface area contributed by atoms with Gasteiger partial charge in [-0.3, -0.25) is 9.59 Å². The fraction of sp³-hybridized carbons (Fsp3) is 0.375. The fourth-order valence-corrected chi connectivity index (χ4v) is 2.33. The lowest BCUT2D eigenvalue weighted by atomic mass is 10.0. The molecular weight excluding hydrogens is 332 g/mol. The standard InChI is InChI=1S/C16H19ClN4O3/c1-10-19-16(24-21-10)7-8-18-15(23)9-14(20-11(2)22)12-3-5-13(17)6-4-12/h3-6,14H,7-9H2,1-2H3,(H,18,23)(H,20,22). The maximum Gasteiger partial charge on any atom is 0.228 e. The van der Waals surface area contributed by atoms with Crippen molar-refractivity contribution < 1.29 is 14.1 Å². The van der Waals surface area contributed by atoms with E-state index in [2.05, 4.69) is 20.8 Å². The molecule has 0 aliphatic heterocycles. The average molecular weight is 351 g/mol. The van der Waals surface area contributed by atoms with Gasteiger partial charge in [-0.2, -0.15) is 4.98 Å². The van der Waals surface area contributed by atoms with Gasteiger partial charge in [-0.1, -0.05) is 28.9 Å². The lowest BCUT2D eigenvalue weighted by Crippen LogP contribution is -2.33. The third kappa shape index (κ3) is 5.66. The van der Waals surface area contributed by atoms with Crippen LogP contribution in [-0.2, 0) is 16.0 Å². The molecule has 0 fully saturated rings. The molecule has 1 unspecified atom stereocenters. The summed E-state index contributed by atoms with van der Waals surface area (Å²) in [6.07, 6.45) is 0.586. The van der Waals surface area contributed by atoms with Gasteiger partial charge in [-0.25, -0.2) is 0 Å². The highest BCUT2D eigenvalue weighted by Gasteiger charge is 2.17. The molecule has 0 saturated heterocycles. The van der Waals surface area contributed by atoms with Crippen LogP contribution < -0.4 is 10.6 Å². The molecule has 2 aromatic rings. The molecule has 0 saturated carbocycles. The van der Waals surface area contributed by atoms with Crippen LogP contribution in [0.1, 0.15) is 36.7 Å². The Labute approximate surface area is 144 Å². The lowest BCUT2D eigenvalue weighted by Gasteiger charge is -2.18. The second-order valence-corrected chi connectivity index (χ2v) is 5.78. The summed E-state index contributed by atoms with van der Waals surface area (Å²) in [7, 11) is 0. The zero-order valence-electron chi connectivity index (χ0n) is 13.5. The summed E-state index contributed by atoms with van der Waals surface area (Å²) < 4.78 is 4.98. The van der Waals surface area contributed by atoms with E-state index in [1.807, 2.05) is 0 Å². The van der Waals surface area contributed by atoms with Crippen molar-refractivity contribution in [2.24, 2.45) is 0 Å². The Morgan fingerprint density at radius 2 is 2.00 bits per heavy atom. The van der Waals surface area contributed by atoms with Crippen molar-refractivity contribution in [1.29, 1.82) is 0 Å². The number of carbonyl (C=O) groups excluding carboxylic acids is 2. The molecule has 2 amide bonds. The maximum absolute atomic E-state index is 12.1. The number of nitrogens with zero attached hydrogens (tertiary/aromatic N) is 2. The van der Waals surface area contributed by atoms with Crippen LogP contribution in [0.2, 0.25) is 5.02 Å². The number of carbonyl (C=O) groups is 2. The minimum absolute atomic E-state index is 0.129. The largest absolute Gasteiger partial charge is 0.356 e. The Bertz CT molecular complexity index is 700. The van der Waals surface area contributed by atoms with Crippen LogP contribution >= 0.6 is 11.6 Å². The van der Waals surface area contributed by atoms with E-state index in [1.54, 1.807) is 31.2 Å². The molecule has 0 aliphatic carbocycles.